The lowest BCUT2D eigenvalue weighted by molar-refractivity contribution is -0.146. The van der Waals surface area contributed by atoms with Crippen LogP contribution in [0.2, 0.25) is 0 Å². The minimum absolute atomic E-state index is 0.104. The van der Waals surface area contributed by atoms with Crippen molar-refractivity contribution in [2.45, 2.75) is 26.2 Å². The Hall–Kier alpha value is -2.30. The number of rotatable bonds is 6. The number of hydrogen-bond acceptors (Lipinski definition) is 5. The molecular formula is C19H22O5. The van der Waals surface area contributed by atoms with Gasteiger partial charge in [0.15, 0.2) is 0 Å². The van der Waals surface area contributed by atoms with Crippen molar-refractivity contribution in [1.29, 1.82) is 0 Å². The van der Waals surface area contributed by atoms with Gasteiger partial charge in [-0.15, -0.1) is 0 Å². The number of allylic oxidation sites excluding steroid dienone is 1. The fourth-order valence-corrected chi connectivity index (χ4v) is 3.72. The van der Waals surface area contributed by atoms with Crippen LogP contribution in [0.5, 0.6) is 5.75 Å². The van der Waals surface area contributed by atoms with Crippen molar-refractivity contribution >= 4 is 11.9 Å². The second-order valence-corrected chi connectivity index (χ2v) is 6.60. The summed E-state index contributed by atoms with van der Waals surface area (Å²) in [5, 5.41) is 0. The maximum absolute atomic E-state index is 12.3. The molecule has 1 aromatic rings. The van der Waals surface area contributed by atoms with Gasteiger partial charge in [-0.2, -0.15) is 0 Å². The Balaban J connectivity index is 1.67. The van der Waals surface area contributed by atoms with E-state index in [1.807, 2.05) is 24.3 Å². The summed E-state index contributed by atoms with van der Waals surface area (Å²) in [5.74, 6) is 0.507. The normalized spacial score (nSPS) is 25.3. The molecule has 2 fully saturated rings. The molecule has 0 bridgehead atoms. The van der Waals surface area contributed by atoms with Crippen molar-refractivity contribution in [3.8, 4) is 5.75 Å². The van der Waals surface area contributed by atoms with E-state index in [9.17, 15) is 9.59 Å². The summed E-state index contributed by atoms with van der Waals surface area (Å²) < 4.78 is 15.8. The molecule has 0 radical (unpaired) electrons. The van der Waals surface area contributed by atoms with E-state index in [0.717, 1.165) is 17.6 Å². The lowest BCUT2D eigenvalue weighted by atomic mass is 9.75. The van der Waals surface area contributed by atoms with Crippen molar-refractivity contribution < 1.29 is 23.8 Å². The van der Waals surface area contributed by atoms with Crippen LogP contribution >= 0.6 is 0 Å². The molecule has 128 valence electrons. The Kier molecular flexibility index (Phi) is 4.60. The van der Waals surface area contributed by atoms with Gasteiger partial charge in [-0.25, -0.2) is 0 Å². The third kappa shape index (κ3) is 3.30. The van der Waals surface area contributed by atoms with Crippen molar-refractivity contribution in [3.63, 3.8) is 0 Å². The lowest BCUT2D eigenvalue weighted by Crippen LogP contribution is -2.31. The predicted octanol–water partition coefficient (Wildman–Crippen LogP) is 2.68. The van der Waals surface area contributed by atoms with Gasteiger partial charge in [0, 0.05) is 12.8 Å². The molecule has 2 aliphatic rings. The zero-order valence-electron chi connectivity index (χ0n) is 13.9. The maximum atomic E-state index is 12.3. The molecule has 1 aromatic carbocycles. The maximum Gasteiger partial charge on any atom is 0.313 e. The molecule has 1 aliphatic heterocycles. The molecule has 0 amide bonds. The van der Waals surface area contributed by atoms with Gasteiger partial charge in [0.1, 0.15) is 19.0 Å². The zero-order valence-corrected chi connectivity index (χ0v) is 13.9. The van der Waals surface area contributed by atoms with Crippen LogP contribution in [0.1, 0.15) is 25.3 Å². The van der Waals surface area contributed by atoms with Crippen LogP contribution in [0.4, 0.5) is 0 Å². The molecule has 2 atom stereocenters. The van der Waals surface area contributed by atoms with Crippen molar-refractivity contribution in [1.82, 2.24) is 0 Å². The molecule has 5 heteroatoms. The number of ether oxygens (including phenoxy) is 3. The highest BCUT2D eigenvalue weighted by Gasteiger charge is 2.55. The zero-order chi connectivity index (χ0) is 17.2. The first-order chi connectivity index (χ1) is 11.5. The third-order valence-electron chi connectivity index (χ3n) is 4.78. The number of hydrogen-bond donors (Lipinski definition) is 0. The van der Waals surface area contributed by atoms with Gasteiger partial charge in [0.25, 0.3) is 0 Å². The number of benzene rings is 1. The van der Waals surface area contributed by atoms with Crippen molar-refractivity contribution in [3.05, 3.63) is 42.0 Å². The second kappa shape index (κ2) is 6.67. The van der Waals surface area contributed by atoms with E-state index >= 15 is 0 Å². The molecule has 5 nitrogen and oxygen atoms in total. The van der Waals surface area contributed by atoms with Crippen molar-refractivity contribution in [2.24, 2.45) is 11.3 Å². The molecule has 0 N–H and O–H groups in total. The molecule has 1 aliphatic carbocycles. The predicted molar refractivity (Wildman–Crippen MR) is 87.5 cm³/mol. The van der Waals surface area contributed by atoms with Gasteiger partial charge in [-0.3, -0.25) is 9.59 Å². The summed E-state index contributed by atoms with van der Waals surface area (Å²) in [6.07, 6.45) is 2.20. The van der Waals surface area contributed by atoms with Crippen LogP contribution in [-0.2, 0) is 25.5 Å². The first-order valence-corrected chi connectivity index (χ1v) is 8.18. The summed E-state index contributed by atoms with van der Waals surface area (Å²) in [6, 6.07) is 7.70. The van der Waals surface area contributed by atoms with E-state index in [2.05, 4.69) is 6.58 Å². The average Bonchev–Trinajstić information content (AvgIpc) is 2.99. The Morgan fingerprint density at radius 2 is 2.25 bits per heavy atom. The van der Waals surface area contributed by atoms with E-state index in [1.54, 1.807) is 0 Å². The van der Waals surface area contributed by atoms with E-state index in [-0.39, 0.29) is 24.5 Å². The third-order valence-corrected chi connectivity index (χ3v) is 4.78. The highest BCUT2D eigenvalue weighted by Crippen LogP contribution is 2.52. The highest BCUT2D eigenvalue weighted by molar-refractivity contribution is 5.81. The SMILES string of the molecule is C=C1CC2COC(=O)C2(Cc2cccc(OCCOC(C)=O)c2)C1. The van der Waals surface area contributed by atoms with Crippen LogP contribution in [-0.4, -0.2) is 31.8 Å². The van der Waals surface area contributed by atoms with Crippen LogP contribution in [0.15, 0.2) is 36.4 Å². The minimum Gasteiger partial charge on any atom is -0.490 e. The molecule has 0 aromatic heterocycles. The molecule has 1 heterocycles. The summed E-state index contributed by atoms with van der Waals surface area (Å²) >= 11 is 0. The van der Waals surface area contributed by atoms with Crippen molar-refractivity contribution in [2.75, 3.05) is 19.8 Å². The first kappa shape index (κ1) is 16.6. The monoisotopic (exact) mass is 330 g/mol. The van der Waals surface area contributed by atoms with Gasteiger partial charge >= 0.3 is 11.9 Å². The Bertz CT molecular complexity index is 665. The molecular weight excluding hydrogens is 308 g/mol. The number of esters is 2. The van der Waals surface area contributed by atoms with Gasteiger partial charge in [-0.05, 0) is 37.0 Å². The summed E-state index contributed by atoms with van der Waals surface area (Å²) in [6.45, 7) is 6.45. The number of carbonyl (C=O) groups is 2. The summed E-state index contributed by atoms with van der Waals surface area (Å²) in [5.41, 5.74) is 1.71. The summed E-state index contributed by atoms with van der Waals surface area (Å²) in [4.78, 5) is 23.1. The minimum atomic E-state index is -0.465. The number of fused-ring (bicyclic) bond motifs is 1. The van der Waals surface area contributed by atoms with Gasteiger partial charge in [-0.1, -0.05) is 24.3 Å². The smallest absolute Gasteiger partial charge is 0.313 e. The molecule has 1 saturated heterocycles. The Morgan fingerprint density at radius 1 is 1.42 bits per heavy atom. The molecule has 2 unspecified atom stereocenters. The topological polar surface area (TPSA) is 61.8 Å². The number of cyclic esters (lactones) is 1. The molecule has 3 rings (SSSR count). The Labute approximate surface area is 141 Å². The molecule has 24 heavy (non-hydrogen) atoms. The van der Waals surface area contributed by atoms with Gasteiger partial charge < -0.3 is 14.2 Å². The number of carbonyl (C=O) groups excluding carboxylic acids is 2. The lowest BCUT2D eigenvalue weighted by Gasteiger charge is -2.24. The van der Waals surface area contributed by atoms with Gasteiger partial charge in [0.2, 0.25) is 0 Å². The quantitative estimate of drug-likeness (QED) is 0.456. The highest BCUT2D eigenvalue weighted by atomic mass is 16.6. The van der Waals surface area contributed by atoms with Crippen LogP contribution in [0, 0.1) is 11.3 Å². The van der Waals surface area contributed by atoms with E-state index < -0.39 is 5.41 Å². The van der Waals surface area contributed by atoms with Gasteiger partial charge in [0.05, 0.1) is 12.0 Å². The largest absolute Gasteiger partial charge is 0.490 e. The van der Waals surface area contributed by atoms with Crippen LogP contribution < -0.4 is 4.74 Å². The summed E-state index contributed by atoms with van der Waals surface area (Å²) in [7, 11) is 0. The fraction of sp³-hybridized carbons (Fsp3) is 0.474. The fourth-order valence-electron chi connectivity index (χ4n) is 3.72. The van der Waals surface area contributed by atoms with E-state index in [1.165, 1.54) is 6.92 Å². The first-order valence-electron chi connectivity index (χ1n) is 8.18. The standard InChI is InChI=1S/C19H22O5/c1-13-8-16-12-24-18(21)19(16,10-13)11-15-4-3-5-17(9-15)23-7-6-22-14(2)20/h3-5,9,16H,1,6-8,10-12H2,2H3. The van der Waals surface area contributed by atoms with Crippen LogP contribution in [0.3, 0.4) is 0 Å². The van der Waals surface area contributed by atoms with E-state index in [0.29, 0.717) is 31.8 Å². The Morgan fingerprint density at radius 3 is 3.04 bits per heavy atom. The molecule has 0 spiro atoms. The van der Waals surface area contributed by atoms with Crippen LogP contribution in [0.25, 0.3) is 0 Å². The molecule has 1 saturated carbocycles. The van der Waals surface area contributed by atoms with E-state index in [4.69, 9.17) is 14.2 Å². The average molecular weight is 330 g/mol. The second-order valence-electron chi connectivity index (χ2n) is 6.60.